The van der Waals surface area contributed by atoms with E-state index in [9.17, 15) is 0 Å². The maximum atomic E-state index is 5.81. The number of hydrogen-bond acceptors (Lipinski definition) is 2. The number of hydrogen-bond donors (Lipinski definition) is 1. The summed E-state index contributed by atoms with van der Waals surface area (Å²) in [5, 5.41) is 0.613. The van der Waals surface area contributed by atoms with Crippen LogP contribution in [0.15, 0.2) is 23.2 Å². The van der Waals surface area contributed by atoms with Crippen molar-refractivity contribution in [1.82, 2.24) is 0 Å². The fourth-order valence-electron chi connectivity index (χ4n) is 1.00. The molecule has 0 radical (unpaired) electrons. The molecule has 0 bridgehead atoms. The van der Waals surface area contributed by atoms with Crippen molar-refractivity contribution < 1.29 is 4.74 Å². The van der Waals surface area contributed by atoms with Gasteiger partial charge in [0.05, 0.1) is 12.7 Å². The van der Waals surface area contributed by atoms with E-state index in [2.05, 4.69) is 4.99 Å². The normalized spacial score (nSPS) is 11.5. The van der Waals surface area contributed by atoms with E-state index >= 15 is 0 Å². The number of nitrogens with zero attached hydrogens (tertiary/aromatic N) is 1. The summed E-state index contributed by atoms with van der Waals surface area (Å²) in [7, 11) is 3.20. The number of aliphatic imine (C=N–C) groups is 1. The van der Waals surface area contributed by atoms with Gasteiger partial charge in [0.25, 0.3) is 0 Å². The zero-order valence-electron chi connectivity index (χ0n) is 7.54. The molecule has 0 aliphatic heterocycles. The van der Waals surface area contributed by atoms with Crippen LogP contribution in [0.25, 0.3) is 0 Å². The predicted molar refractivity (Wildman–Crippen MR) is 54.7 cm³/mol. The van der Waals surface area contributed by atoms with E-state index in [1.54, 1.807) is 32.4 Å². The summed E-state index contributed by atoms with van der Waals surface area (Å²) in [5.41, 5.74) is 6.37. The second-order valence-corrected chi connectivity index (χ2v) is 2.89. The highest BCUT2D eigenvalue weighted by atomic mass is 35.5. The van der Waals surface area contributed by atoms with Gasteiger partial charge in [0.15, 0.2) is 0 Å². The fourth-order valence-corrected chi connectivity index (χ4v) is 1.17. The van der Waals surface area contributed by atoms with Crippen LogP contribution < -0.4 is 10.5 Å². The molecule has 3 nitrogen and oxygen atoms in total. The monoisotopic (exact) mass is 198 g/mol. The molecule has 1 aromatic rings. The van der Waals surface area contributed by atoms with Crippen LogP contribution in [0.3, 0.4) is 0 Å². The summed E-state index contributed by atoms with van der Waals surface area (Å²) in [5.74, 6) is 1.09. The Morgan fingerprint density at radius 3 is 2.77 bits per heavy atom. The number of rotatable bonds is 2. The number of ether oxygens (including phenoxy) is 1. The highest BCUT2D eigenvalue weighted by Gasteiger charge is 2.06. The molecule has 1 rings (SSSR count). The molecular formula is C9H11ClN2O. The Morgan fingerprint density at radius 1 is 1.54 bits per heavy atom. The van der Waals surface area contributed by atoms with Crippen molar-refractivity contribution in [3.63, 3.8) is 0 Å². The quantitative estimate of drug-likeness (QED) is 0.581. The molecule has 0 amide bonds. The number of amidine groups is 1. The van der Waals surface area contributed by atoms with Crippen LogP contribution in [-0.4, -0.2) is 20.0 Å². The molecule has 0 unspecified atom stereocenters. The molecule has 0 saturated heterocycles. The van der Waals surface area contributed by atoms with Gasteiger partial charge in [-0.05, 0) is 18.2 Å². The minimum atomic E-state index is 0.416. The van der Waals surface area contributed by atoms with E-state index in [4.69, 9.17) is 22.1 Å². The SMILES string of the molecule is CN=C(N)c1cc(Cl)ccc1OC. The van der Waals surface area contributed by atoms with Gasteiger partial charge < -0.3 is 10.5 Å². The van der Waals surface area contributed by atoms with E-state index in [-0.39, 0.29) is 0 Å². The summed E-state index contributed by atoms with van der Waals surface area (Å²) in [6, 6.07) is 5.23. The number of methoxy groups -OCH3 is 1. The smallest absolute Gasteiger partial charge is 0.129 e. The first-order valence-electron chi connectivity index (χ1n) is 3.75. The van der Waals surface area contributed by atoms with Gasteiger partial charge in [-0.1, -0.05) is 11.6 Å². The van der Waals surface area contributed by atoms with Crippen LogP contribution in [0.5, 0.6) is 5.75 Å². The molecular weight excluding hydrogens is 188 g/mol. The van der Waals surface area contributed by atoms with Gasteiger partial charge in [-0.3, -0.25) is 4.99 Å². The zero-order chi connectivity index (χ0) is 9.84. The Labute approximate surface area is 82.2 Å². The Bertz CT molecular complexity index is 336. The molecule has 70 valence electrons. The fraction of sp³-hybridized carbons (Fsp3) is 0.222. The Balaban J connectivity index is 3.23. The van der Waals surface area contributed by atoms with Crippen LogP contribution in [-0.2, 0) is 0 Å². The summed E-state index contributed by atoms with van der Waals surface area (Å²) < 4.78 is 5.10. The first-order valence-corrected chi connectivity index (χ1v) is 4.13. The molecule has 1 aromatic carbocycles. The largest absolute Gasteiger partial charge is 0.496 e. The van der Waals surface area contributed by atoms with E-state index in [1.807, 2.05) is 0 Å². The minimum absolute atomic E-state index is 0.416. The number of benzene rings is 1. The van der Waals surface area contributed by atoms with Gasteiger partial charge in [0, 0.05) is 12.1 Å². The van der Waals surface area contributed by atoms with Crippen molar-refractivity contribution in [1.29, 1.82) is 0 Å². The standard InChI is InChI=1S/C9H11ClN2O/c1-12-9(11)7-5-6(10)3-4-8(7)13-2/h3-5H,1-2H3,(H2,11,12). The minimum Gasteiger partial charge on any atom is -0.496 e. The summed E-state index contributed by atoms with van der Waals surface area (Å²) in [4.78, 5) is 3.86. The van der Waals surface area contributed by atoms with Crippen molar-refractivity contribution in [3.05, 3.63) is 28.8 Å². The summed E-state index contributed by atoms with van der Waals surface area (Å²) in [6.07, 6.45) is 0. The first-order chi connectivity index (χ1) is 6.19. The van der Waals surface area contributed by atoms with Gasteiger partial charge in [0.2, 0.25) is 0 Å². The Hall–Kier alpha value is -1.22. The third-order valence-electron chi connectivity index (χ3n) is 1.68. The van der Waals surface area contributed by atoms with Gasteiger partial charge in [-0.15, -0.1) is 0 Å². The highest BCUT2D eigenvalue weighted by Crippen LogP contribution is 2.21. The molecule has 0 saturated carbocycles. The molecule has 0 spiro atoms. The number of halogens is 1. The second-order valence-electron chi connectivity index (χ2n) is 2.45. The lowest BCUT2D eigenvalue weighted by Gasteiger charge is -2.07. The second kappa shape index (κ2) is 4.14. The van der Waals surface area contributed by atoms with Crippen molar-refractivity contribution in [3.8, 4) is 5.75 Å². The molecule has 2 N–H and O–H groups in total. The molecule has 0 aromatic heterocycles. The van der Waals surface area contributed by atoms with Crippen molar-refractivity contribution in [2.45, 2.75) is 0 Å². The molecule has 0 heterocycles. The zero-order valence-corrected chi connectivity index (χ0v) is 8.30. The molecule has 0 aliphatic carbocycles. The van der Waals surface area contributed by atoms with E-state index < -0.39 is 0 Å². The van der Waals surface area contributed by atoms with Crippen molar-refractivity contribution in [2.75, 3.05) is 14.2 Å². The maximum absolute atomic E-state index is 5.81. The van der Waals surface area contributed by atoms with E-state index in [0.29, 0.717) is 16.6 Å². The summed E-state index contributed by atoms with van der Waals surface area (Å²) >= 11 is 5.81. The highest BCUT2D eigenvalue weighted by molar-refractivity contribution is 6.31. The third kappa shape index (κ3) is 2.12. The maximum Gasteiger partial charge on any atom is 0.129 e. The molecule has 13 heavy (non-hydrogen) atoms. The van der Waals surface area contributed by atoms with Gasteiger partial charge >= 0.3 is 0 Å². The molecule has 4 heteroatoms. The third-order valence-corrected chi connectivity index (χ3v) is 1.91. The van der Waals surface area contributed by atoms with Crippen molar-refractivity contribution in [2.24, 2.45) is 10.7 Å². The van der Waals surface area contributed by atoms with Gasteiger partial charge in [0.1, 0.15) is 11.6 Å². The lowest BCUT2D eigenvalue weighted by Crippen LogP contribution is -2.14. The van der Waals surface area contributed by atoms with Crippen LogP contribution in [0.4, 0.5) is 0 Å². The van der Waals surface area contributed by atoms with E-state index in [0.717, 1.165) is 5.56 Å². The van der Waals surface area contributed by atoms with Crippen LogP contribution in [0.1, 0.15) is 5.56 Å². The van der Waals surface area contributed by atoms with Gasteiger partial charge in [-0.25, -0.2) is 0 Å². The molecule has 0 atom stereocenters. The van der Waals surface area contributed by atoms with E-state index in [1.165, 1.54) is 0 Å². The lowest BCUT2D eigenvalue weighted by atomic mass is 10.2. The Morgan fingerprint density at radius 2 is 2.23 bits per heavy atom. The van der Waals surface area contributed by atoms with Gasteiger partial charge in [-0.2, -0.15) is 0 Å². The molecule has 0 aliphatic rings. The van der Waals surface area contributed by atoms with Crippen LogP contribution in [0, 0.1) is 0 Å². The lowest BCUT2D eigenvalue weighted by molar-refractivity contribution is 0.414. The number of nitrogens with two attached hydrogens (primary N) is 1. The molecule has 0 fully saturated rings. The predicted octanol–water partition coefficient (Wildman–Crippen LogP) is 1.68. The Kier molecular flexibility index (Phi) is 3.14. The average molecular weight is 199 g/mol. The first kappa shape index (κ1) is 9.86. The van der Waals surface area contributed by atoms with Crippen molar-refractivity contribution >= 4 is 17.4 Å². The summed E-state index contributed by atoms with van der Waals surface area (Å²) in [6.45, 7) is 0. The topological polar surface area (TPSA) is 47.6 Å². The van der Waals surface area contributed by atoms with Crippen LogP contribution in [0.2, 0.25) is 5.02 Å². The van der Waals surface area contributed by atoms with Crippen LogP contribution >= 0.6 is 11.6 Å². The average Bonchev–Trinajstić information content (AvgIpc) is 2.16.